The van der Waals surface area contributed by atoms with Crippen molar-refractivity contribution in [1.29, 1.82) is 0 Å². The zero-order chi connectivity index (χ0) is 14.5. The van der Waals surface area contributed by atoms with Crippen molar-refractivity contribution >= 4 is 15.9 Å². The summed E-state index contributed by atoms with van der Waals surface area (Å²) in [6.07, 6.45) is 3.97. The summed E-state index contributed by atoms with van der Waals surface area (Å²) in [5, 5.41) is 0. The summed E-state index contributed by atoms with van der Waals surface area (Å²) >= 11 is 3.65. The van der Waals surface area contributed by atoms with Crippen LogP contribution >= 0.6 is 15.9 Å². The average molecular weight is 341 g/mol. The van der Waals surface area contributed by atoms with Gasteiger partial charge in [0.25, 0.3) is 0 Å². The zero-order valence-electron chi connectivity index (χ0n) is 12.4. The Balaban J connectivity index is 2.09. The summed E-state index contributed by atoms with van der Waals surface area (Å²) in [5.74, 6) is 0. The van der Waals surface area contributed by atoms with Gasteiger partial charge < -0.3 is 10.5 Å². The van der Waals surface area contributed by atoms with E-state index in [-0.39, 0.29) is 12.1 Å². The lowest BCUT2D eigenvalue weighted by molar-refractivity contribution is -0.00990. The molecule has 1 saturated heterocycles. The Bertz CT molecular complexity index is 419. The standard InChI is InChI=1S/C16H25BrN2O/c1-12(18)16(14-8-3-4-9-15(14)17)19(2)11-13-7-5-6-10-20-13/h3-4,8-9,12-13,16H,5-7,10-11,18H2,1-2H3. The molecule has 1 fully saturated rings. The first kappa shape index (κ1) is 16.0. The summed E-state index contributed by atoms with van der Waals surface area (Å²) in [6, 6.07) is 8.61. The molecule has 2 N–H and O–H groups in total. The van der Waals surface area contributed by atoms with Gasteiger partial charge in [0, 0.05) is 23.7 Å². The van der Waals surface area contributed by atoms with Gasteiger partial charge in [-0.15, -0.1) is 0 Å². The molecule has 0 bridgehead atoms. The van der Waals surface area contributed by atoms with Crippen LogP contribution in [-0.4, -0.2) is 37.2 Å². The smallest absolute Gasteiger partial charge is 0.0702 e. The van der Waals surface area contributed by atoms with Crippen molar-refractivity contribution in [1.82, 2.24) is 4.90 Å². The summed E-state index contributed by atoms with van der Waals surface area (Å²) < 4.78 is 6.97. The lowest BCUT2D eigenvalue weighted by Crippen LogP contribution is -2.42. The quantitative estimate of drug-likeness (QED) is 0.893. The Hall–Kier alpha value is -0.420. The van der Waals surface area contributed by atoms with Crippen LogP contribution in [-0.2, 0) is 4.74 Å². The molecule has 0 radical (unpaired) electrons. The minimum atomic E-state index is 0.0716. The maximum atomic E-state index is 6.24. The van der Waals surface area contributed by atoms with Crippen LogP contribution in [0.1, 0.15) is 37.8 Å². The number of nitrogens with two attached hydrogens (primary N) is 1. The Morgan fingerprint density at radius 1 is 1.40 bits per heavy atom. The van der Waals surface area contributed by atoms with Gasteiger partial charge in [-0.2, -0.15) is 0 Å². The highest BCUT2D eigenvalue weighted by Gasteiger charge is 2.26. The molecule has 0 aliphatic carbocycles. The van der Waals surface area contributed by atoms with Gasteiger partial charge in [-0.3, -0.25) is 4.90 Å². The third kappa shape index (κ3) is 4.04. The second kappa shape index (κ2) is 7.55. The Kier molecular flexibility index (Phi) is 6.02. The lowest BCUT2D eigenvalue weighted by atomic mass is 9.98. The maximum absolute atomic E-state index is 6.24. The van der Waals surface area contributed by atoms with Gasteiger partial charge in [-0.05, 0) is 44.9 Å². The van der Waals surface area contributed by atoms with Gasteiger partial charge in [0.05, 0.1) is 12.1 Å². The molecule has 4 heteroatoms. The van der Waals surface area contributed by atoms with E-state index in [1.807, 2.05) is 6.07 Å². The van der Waals surface area contributed by atoms with Crippen molar-refractivity contribution in [2.24, 2.45) is 5.73 Å². The third-order valence-corrected chi connectivity index (χ3v) is 4.68. The molecule has 1 aliphatic rings. The van der Waals surface area contributed by atoms with Crippen molar-refractivity contribution in [3.8, 4) is 0 Å². The van der Waals surface area contributed by atoms with E-state index in [9.17, 15) is 0 Å². The molecule has 0 amide bonds. The van der Waals surface area contributed by atoms with Crippen molar-refractivity contribution in [2.45, 2.75) is 44.4 Å². The SMILES string of the molecule is CC(N)C(c1ccccc1Br)N(C)CC1CCCCO1. The first-order valence-electron chi connectivity index (χ1n) is 7.41. The van der Waals surface area contributed by atoms with E-state index in [0.717, 1.165) is 24.0 Å². The van der Waals surface area contributed by atoms with Crippen LogP contribution < -0.4 is 5.73 Å². The van der Waals surface area contributed by atoms with E-state index in [1.165, 1.54) is 18.4 Å². The van der Waals surface area contributed by atoms with Gasteiger partial charge in [-0.25, -0.2) is 0 Å². The first-order valence-corrected chi connectivity index (χ1v) is 8.20. The predicted octanol–water partition coefficient (Wildman–Crippen LogP) is 3.34. The van der Waals surface area contributed by atoms with Crippen LogP contribution in [0.5, 0.6) is 0 Å². The van der Waals surface area contributed by atoms with E-state index in [2.05, 4.69) is 53.0 Å². The molecule has 1 aliphatic heterocycles. The summed E-state index contributed by atoms with van der Waals surface area (Å²) in [4.78, 5) is 2.33. The average Bonchev–Trinajstić information content (AvgIpc) is 2.42. The molecule has 20 heavy (non-hydrogen) atoms. The molecule has 0 spiro atoms. The highest BCUT2D eigenvalue weighted by atomic mass is 79.9. The largest absolute Gasteiger partial charge is 0.377 e. The second-order valence-electron chi connectivity index (χ2n) is 5.75. The fraction of sp³-hybridized carbons (Fsp3) is 0.625. The summed E-state index contributed by atoms with van der Waals surface area (Å²) in [7, 11) is 2.14. The van der Waals surface area contributed by atoms with Crippen molar-refractivity contribution in [2.75, 3.05) is 20.2 Å². The molecule has 2 rings (SSSR count). The van der Waals surface area contributed by atoms with Gasteiger partial charge in [-0.1, -0.05) is 34.1 Å². The highest BCUT2D eigenvalue weighted by Crippen LogP contribution is 2.29. The maximum Gasteiger partial charge on any atom is 0.0702 e. The summed E-state index contributed by atoms with van der Waals surface area (Å²) in [5.41, 5.74) is 7.49. The lowest BCUT2D eigenvalue weighted by Gasteiger charge is -2.35. The number of ether oxygens (including phenoxy) is 1. The normalized spacial score (nSPS) is 22.8. The second-order valence-corrected chi connectivity index (χ2v) is 6.61. The summed E-state index contributed by atoms with van der Waals surface area (Å²) in [6.45, 7) is 3.91. The molecule has 1 heterocycles. The van der Waals surface area contributed by atoms with E-state index in [0.29, 0.717) is 6.10 Å². The fourth-order valence-electron chi connectivity index (χ4n) is 3.02. The van der Waals surface area contributed by atoms with Gasteiger partial charge in [0.1, 0.15) is 0 Å². The Labute approximate surface area is 130 Å². The number of hydrogen-bond donors (Lipinski definition) is 1. The topological polar surface area (TPSA) is 38.5 Å². The van der Waals surface area contributed by atoms with Gasteiger partial charge in [0.15, 0.2) is 0 Å². The molecule has 1 aromatic rings. The van der Waals surface area contributed by atoms with Crippen LogP contribution in [0.4, 0.5) is 0 Å². The van der Waals surface area contributed by atoms with Crippen LogP contribution in [0, 0.1) is 0 Å². The fourth-order valence-corrected chi connectivity index (χ4v) is 3.54. The predicted molar refractivity (Wildman–Crippen MR) is 86.8 cm³/mol. The van der Waals surface area contributed by atoms with Crippen LogP contribution in [0.15, 0.2) is 28.7 Å². The van der Waals surface area contributed by atoms with Crippen molar-refractivity contribution in [3.63, 3.8) is 0 Å². The zero-order valence-corrected chi connectivity index (χ0v) is 14.0. The molecule has 3 atom stereocenters. The minimum Gasteiger partial charge on any atom is -0.377 e. The highest BCUT2D eigenvalue weighted by molar-refractivity contribution is 9.10. The number of nitrogens with zero attached hydrogens (tertiary/aromatic N) is 1. The number of hydrogen-bond acceptors (Lipinski definition) is 3. The molecule has 1 aromatic carbocycles. The van der Waals surface area contributed by atoms with Crippen LogP contribution in [0.2, 0.25) is 0 Å². The van der Waals surface area contributed by atoms with E-state index >= 15 is 0 Å². The molecule has 0 saturated carbocycles. The number of likely N-dealkylation sites (N-methyl/N-ethyl adjacent to an activating group) is 1. The molecule has 3 nitrogen and oxygen atoms in total. The molecule has 3 unspecified atom stereocenters. The Morgan fingerprint density at radius 3 is 2.75 bits per heavy atom. The molecule has 0 aromatic heterocycles. The molecular weight excluding hydrogens is 316 g/mol. The van der Waals surface area contributed by atoms with Gasteiger partial charge >= 0.3 is 0 Å². The van der Waals surface area contributed by atoms with Crippen molar-refractivity contribution < 1.29 is 4.74 Å². The minimum absolute atomic E-state index is 0.0716. The number of benzene rings is 1. The van der Waals surface area contributed by atoms with Crippen LogP contribution in [0.3, 0.4) is 0 Å². The van der Waals surface area contributed by atoms with Crippen LogP contribution in [0.25, 0.3) is 0 Å². The molecular formula is C16H25BrN2O. The van der Waals surface area contributed by atoms with E-state index < -0.39 is 0 Å². The monoisotopic (exact) mass is 340 g/mol. The number of halogens is 1. The van der Waals surface area contributed by atoms with Crippen molar-refractivity contribution in [3.05, 3.63) is 34.3 Å². The first-order chi connectivity index (χ1) is 9.59. The number of rotatable bonds is 5. The molecule has 112 valence electrons. The third-order valence-electron chi connectivity index (χ3n) is 3.96. The Morgan fingerprint density at radius 2 is 2.15 bits per heavy atom. The van der Waals surface area contributed by atoms with E-state index in [1.54, 1.807) is 0 Å². The van der Waals surface area contributed by atoms with Gasteiger partial charge in [0.2, 0.25) is 0 Å². The van der Waals surface area contributed by atoms with E-state index in [4.69, 9.17) is 10.5 Å².